The van der Waals surface area contributed by atoms with E-state index in [0.29, 0.717) is 11.6 Å². The Morgan fingerprint density at radius 1 is 1.35 bits per heavy atom. The van der Waals surface area contributed by atoms with Crippen LogP contribution in [-0.2, 0) is 6.42 Å². The molecule has 1 heterocycles. The zero-order valence-corrected chi connectivity index (χ0v) is 13.2. The van der Waals surface area contributed by atoms with Crippen molar-refractivity contribution in [1.29, 1.82) is 0 Å². The van der Waals surface area contributed by atoms with Gasteiger partial charge in [0.1, 0.15) is 0 Å². The number of nitrogens with zero attached hydrogens (tertiary/aromatic N) is 1. The van der Waals surface area contributed by atoms with E-state index >= 15 is 0 Å². The standard InChI is InChI=1S/C18H28N2/c1-14-5-4-6-16(11-14)9-10-20-13-18(3,17-7-8-17)19-12-15(20)2/h4-6,11,15,17,19H,7-10,12-13H2,1-3H3. The molecule has 2 aliphatic rings. The summed E-state index contributed by atoms with van der Waals surface area (Å²) >= 11 is 0. The van der Waals surface area contributed by atoms with Crippen molar-refractivity contribution in [2.75, 3.05) is 19.6 Å². The average Bonchev–Trinajstić information content (AvgIpc) is 3.25. The second-order valence-corrected chi connectivity index (χ2v) is 7.13. The largest absolute Gasteiger partial charge is 0.308 e. The Morgan fingerprint density at radius 3 is 2.85 bits per heavy atom. The van der Waals surface area contributed by atoms with Crippen LogP contribution in [0.5, 0.6) is 0 Å². The lowest BCUT2D eigenvalue weighted by molar-refractivity contribution is 0.0844. The second-order valence-electron chi connectivity index (χ2n) is 7.13. The van der Waals surface area contributed by atoms with Crippen LogP contribution in [0, 0.1) is 12.8 Å². The highest BCUT2D eigenvalue weighted by Gasteiger charge is 2.45. The summed E-state index contributed by atoms with van der Waals surface area (Å²) in [4.78, 5) is 2.69. The summed E-state index contributed by atoms with van der Waals surface area (Å²) in [5, 5.41) is 3.80. The summed E-state index contributed by atoms with van der Waals surface area (Å²) in [5.41, 5.74) is 3.21. The summed E-state index contributed by atoms with van der Waals surface area (Å²) in [6.45, 7) is 10.5. The zero-order chi connectivity index (χ0) is 14.2. The van der Waals surface area contributed by atoms with E-state index in [1.165, 1.54) is 43.5 Å². The fourth-order valence-electron chi connectivity index (χ4n) is 3.58. The van der Waals surface area contributed by atoms with Crippen LogP contribution >= 0.6 is 0 Å². The number of hydrogen-bond acceptors (Lipinski definition) is 2. The van der Waals surface area contributed by atoms with E-state index in [0.717, 1.165) is 12.5 Å². The first kappa shape index (κ1) is 14.1. The normalized spacial score (nSPS) is 31.4. The van der Waals surface area contributed by atoms with Gasteiger partial charge in [0, 0.05) is 31.2 Å². The molecule has 20 heavy (non-hydrogen) atoms. The van der Waals surface area contributed by atoms with Crippen molar-refractivity contribution in [2.45, 2.75) is 51.6 Å². The van der Waals surface area contributed by atoms with Crippen molar-refractivity contribution in [3.8, 4) is 0 Å². The predicted octanol–water partition coefficient (Wildman–Crippen LogP) is 3.00. The quantitative estimate of drug-likeness (QED) is 0.906. The number of aryl methyl sites for hydroxylation is 1. The first-order valence-electron chi connectivity index (χ1n) is 8.11. The Bertz CT molecular complexity index is 466. The van der Waals surface area contributed by atoms with Crippen molar-refractivity contribution < 1.29 is 0 Å². The van der Waals surface area contributed by atoms with E-state index in [-0.39, 0.29) is 0 Å². The highest BCUT2D eigenvalue weighted by atomic mass is 15.2. The third-order valence-electron chi connectivity index (χ3n) is 5.20. The minimum atomic E-state index is 0.360. The first-order valence-corrected chi connectivity index (χ1v) is 8.11. The Labute approximate surface area is 123 Å². The van der Waals surface area contributed by atoms with Crippen LogP contribution < -0.4 is 5.32 Å². The van der Waals surface area contributed by atoms with E-state index < -0.39 is 0 Å². The Morgan fingerprint density at radius 2 is 2.15 bits per heavy atom. The monoisotopic (exact) mass is 272 g/mol. The molecule has 110 valence electrons. The molecule has 1 saturated heterocycles. The smallest absolute Gasteiger partial charge is 0.0309 e. The zero-order valence-electron chi connectivity index (χ0n) is 13.2. The van der Waals surface area contributed by atoms with Gasteiger partial charge < -0.3 is 5.32 Å². The first-order chi connectivity index (χ1) is 9.57. The van der Waals surface area contributed by atoms with Gasteiger partial charge in [-0.1, -0.05) is 29.8 Å². The van der Waals surface area contributed by atoms with Crippen LogP contribution in [-0.4, -0.2) is 36.1 Å². The lowest BCUT2D eigenvalue weighted by Gasteiger charge is -2.45. The lowest BCUT2D eigenvalue weighted by atomic mass is 9.91. The van der Waals surface area contributed by atoms with Gasteiger partial charge in [0.05, 0.1) is 0 Å². The number of hydrogen-bond donors (Lipinski definition) is 1. The summed E-state index contributed by atoms with van der Waals surface area (Å²) in [7, 11) is 0. The summed E-state index contributed by atoms with van der Waals surface area (Å²) in [6.07, 6.45) is 4.01. The molecule has 1 aromatic rings. The topological polar surface area (TPSA) is 15.3 Å². The average molecular weight is 272 g/mol. The maximum absolute atomic E-state index is 3.80. The minimum absolute atomic E-state index is 0.360. The molecule has 1 saturated carbocycles. The Hall–Kier alpha value is -0.860. The predicted molar refractivity (Wildman–Crippen MR) is 85.0 cm³/mol. The van der Waals surface area contributed by atoms with Gasteiger partial charge >= 0.3 is 0 Å². The van der Waals surface area contributed by atoms with Gasteiger partial charge in [-0.2, -0.15) is 0 Å². The Balaban J connectivity index is 1.60. The number of nitrogens with one attached hydrogen (secondary N) is 1. The van der Waals surface area contributed by atoms with Crippen LogP contribution in [0.3, 0.4) is 0 Å². The second kappa shape index (κ2) is 5.50. The number of benzene rings is 1. The van der Waals surface area contributed by atoms with Crippen molar-refractivity contribution in [1.82, 2.24) is 10.2 Å². The van der Waals surface area contributed by atoms with E-state index in [4.69, 9.17) is 0 Å². The minimum Gasteiger partial charge on any atom is -0.308 e. The van der Waals surface area contributed by atoms with Crippen molar-refractivity contribution in [2.24, 2.45) is 5.92 Å². The van der Waals surface area contributed by atoms with E-state index in [1.54, 1.807) is 0 Å². The molecule has 3 rings (SSSR count). The fourth-order valence-corrected chi connectivity index (χ4v) is 3.58. The van der Waals surface area contributed by atoms with Crippen LogP contribution in [0.4, 0.5) is 0 Å². The molecule has 2 unspecified atom stereocenters. The molecule has 0 amide bonds. The number of rotatable bonds is 4. The highest BCUT2D eigenvalue weighted by Crippen LogP contribution is 2.41. The maximum Gasteiger partial charge on any atom is 0.0309 e. The molecule has 0 spiro atoms. The SMILES string of the molecule is Cc1cccc(CCN2CC(C)(C3CC3)NCC2C)c1. The third-order valence-corrected chi connectivity index (χ3v) is 5.20. The van der Waals surface area contributed by atoms with Crippen LogP contribution in [0.1, 0.15) is 37.8 Å². The van der Waals surface area contributed by atoms with Gasteiger partial charge in [-0.3, -0.25) is 4.90 Å². The number of piperazine rings is 1. The van der Waals surface area contributed by atoms with Crippen LogP contribution in [0.15, 0.2) is 24.3 Å². The molecule has 1 N–H and O–H groups in total. The van der Waals surface area contributed by atoms with Gasteiger partial charge in [0.25, 0.3) is 0 Å². The molecule has 1 aliphatic carbocycles. The molecule has 2 heteroatoms. The Kier molecular flexibility index (Phi) is 3.87. The van der Waals surface area contributed by atoms with Gasteiger partial charge in [0.15, 0.2) is 0 Å². The summed E-state index contributed by atoms with van der Waals surface area (Å²) < 4.78 is 0. The highest BCUT2D eigenvalue weighted by molar-refractivity contribution is 5.22. The molecular weight excluding hydrogens is 244 g/mol. The third kappa shape index (κ3) is 3.07. The van der Waals surface area contributed by atoms with Crippen LogP contribution in [0.2, 0.25) is 0 Å². The van der Waals surface area contributed by atoms with Gasteiger partial charge in [-0.15, -0.1) is 0 Å². The van der Waals surface area contributed by atoms with E-state index in [2.05, 4.69) is 55.3 Å². The van der Waals surface area contributed by atoms with Gasteiger partial charge in [0.2, 0.25) is 0 Å². The molecule has 1 aliphatic heterocycles. The van der Waals surface area contributed by atoms with E-state index in [1.807, 2.05) is 0 Å². The fraction of sp³-hybridized carbons (Fsp3) is 0.667. The van der Waals surface area contributed by atoms with E-state index in [9.17, 15) is 0 Å². The molecule has 0 bridgehead atoms. The molecule has 2 atom stereocenters. The van der Waals surface area contributed by atoms with Gasteiger partial charge in [-0.05, 0) is 51.5 Å². The van der Waals surface area contributed by atoms with Crippen molar-refractivity contribution in [3.63, 3.8) is 0 Å². The molecule has 0 radical (unpaired) electrons. The van der Waals surface area contributed by atoms with Crippen molar-refractivity contribution in [3.05, 3.63) is 35.4 Å². The van der Waals surface area contributed by atoms with Crippen LogP contribution in [0.25, 0.3) is 0 Å². The maximum atomic E-state index is 3.80. The summed E-state index contributed by atoms with van der Waals surface area (Å²) in [5.74, 6) is 0.913. The van der Waals surface area contributed by atoms with Crippen molar-refractivity contribution >= 4 is 0 Å². The molecular formula is C18H28N2. The molecule has 2 nitrogen and oxygen atoms in total. The summed E-state index contributed by atoms with van der Waals surface area (Å²) in [6, 6.07) is 9.61. The molecule has 1 aromatic carbocycles. The molecule has 0 aromatic heterocycles. The van der Waals surface area contributed by atoms with Gasteiger partial charge in [-0.25, -0.2) is 0 Å². The lowest BCUT2D eigenvalue weighted by Crippen LogP contribution is -2.63. The molecule has 2 fully saturated rings.